The van der Waals surface area contributed by atoms with E-state index in [1.807, 2.05) is 0 Å². The van der Waals surface area contributed by atoms with Crippen LogP contribution in [-0.4, -0.2) is 69.0 Å². The minimum absolute atomic E-state index is 0.0628. The monoisotopic (exact) mass is 389 g/mol. The van der Waals surface area contributed by atoms with Crippen LogP contribution in [0, 0.1) is 11.6 Å². The van der Waals surface area contributed by atoms with Crippen molar-refractivity contribution in [1.82, 2.24) is 9.80 Å². The molecule has 0 N–H and O–H groups in total. The molecule has 0 atom stereocenters. The van der Waals surface area contributed by atoms with Gasteiger partial charge in [0.05, 0.1) is 11.9 Å². The standard InChI is InChI=1S/C16H21F2N3O4S/c1-12(22)19-7-9-20(10-8-19)16(23)5-6-21(26(2,24)25)15-4-3-13(17)11-14(15)18/h3-4,11H,5-10H2,1-2H3. The average molecular weight is 389 g/mol. The van der Waals surface area contributed by atoms with Crippen LogP contribution in [0.5, 0.6) is 0 Å². The van der Waals surface area contributed by atoms with Gasteiger partial charge in [0.25, 0.3) is 0 Å². The number of benzene rings is 1. The maximum absolute atomic E-state index is 13.9. The molecule has 1 aliphatic rings. The summed E-state index contributed by atoms with van der Waals surface area (Å²) in [5, 5.41) is 0. The van der Waals surface area contributed by atoms with Crippen LogP contribution >= 0.6 is 0 Å². The summed E-state index contributed by atoms with van der Waals surface area (Å²) in [5.74, 6) is -2.19. The average Bonchev–Trinajstić information content (AvgIpc) is 2.55. The number of piperazine rings is 1. The Kier molecular flexibility index (Phi) is 6.17. The van der Waals surface area contributed by atoms with Gasteiger partial charge in [-0.15, -0.1) is 0 Å². The van der Waals surface area contributed by atoms with Crippen LogP contribution in [0.3, 0.4) is 0 Å². The predicted octanol–water partition coefficient (Wildman–Crippen LogP) is 0.812. The third-order valence-electron chi connectivity index (χ3n) is 4.19. The van der Waals surface area contributed by atoms with Crippen LogP contribution in [0.1, 0.15) is 13.3 Å². The number of sulfonamides is 1. The normalized spacial score (nSPS) is 15.1. The van der Waals surface area contributed by atoms with Gasteiger partial charge >= 0.3 is 0 Å². The summed E-state index contributed by atoms with van der Waals surface area (Å²) in [4.78, 5) is 26.8. The lowest BCUT2D eigenvalue weighted by atomic mass is 10.2. The minimum Gasteiger partial charge on any atom is -0.339 e. The Morgan fingerprint density at radius 1 is 1.12 bits per heavy atom. The molecule has 2 rings (SSSR count). The summed E-state index contributed by atoms with van der Waals surface area (Å²) >= 11 is 0. The summed E-state index contributed by atoms with van der Waals surface area (Å²) < 4.78 is 51.7. The highest BCUT2D eigenvalue weighted by Gasteiger charge is 2.25. The molecule has 1 aromatic carbocycles. The Bertz CT molecular complexity index is 793. The summed E-state index contributed by atoms with van der Waals surface area (Å²) in [6.45, 7) is 2.77. The number of nitrogens with zero attached hydrogens (tertiary/aromatic N) is 3. The number of hydrogen-bond acceptors (Lipinski definition) is 4. The van der Waals surface area contributed by atoms with Gasteiger partial charge in [0.15, 0.2) is 0 Å². The first-order chi connectivity index (χ1) is 12.1. The zero-order chi connectivity index (χ0) is 19.5. The third-order valence-corrected chi connectivity index (χ3v) is 5.37. The third kappa shape index (κ3) is 4.90. The second-order valence-electron chi connectivity index (χ2n) is 6.07. The topological polar surface area (TPSA) is 78.0 Å². The van der Waals surface area contributed by atoms with E-state index >= 15 is 0 Å². The number of amides is 2. The maximum atomic E-state index is 13.9. The number of halogens is 2. The SMILES string of the molecule is CC(=O)N1CCN(C(=O)CCN(c2ccc(F)cc2F)S(C)(=O)=O)CC1. The van der Waals surface area contributed by atoms with Crippen molar-refractivity contribution in [2.45, 2.75) is 13.3 Å². The van der Waals surface area contributed by atoms with Crippen LogP contribution in [0.4, 0.5) is 14.5 Å². The molecule has 1 aliphatic heterocycles. The number of anilines is 1. The predicted molar refractivity (Wildman–Crippen MR) is 92.0 cm³/mol. The highest BCUT2D eigenvalue weighted by Crippen LogP contribution is 2.23. The molecule has 1 fully saturated rings. The number of hydrogen-bond donors (Lipinski definition) is 0. The molecule has 7 nitrogen and oxygen atoms in total. The molecule has 144 valence electrons. The van der Waals surface area contributed by atoms with Crippen molar-refractivity contribution < 1.29 is 26.8 Å². The highest BCUT2D eigenvalue weighted by molar-refractivity contribution is 7.92. The fourth-order valence-corrected chi connectivity index (χ4v) is 3.70. The lowest BCUT2D eigenvalue weighted by Gasteiger charge is -2.34. The largest absolute Gasteiger partial charge is 0.339 e. The van der Waals surface area contributed by atoms with E-state index in [2.05, 4.69) is 0 Å². The van der Waals surface area contributed by atoms with Crippen molar-refractivity contribution in [3.05, 3.63) is 29.8 Å². The van der Waals surface area contributed by atoms with Crippen molar-refractivity contribution in [2.75, 3.05) is 43.3 Å². The maximum Gasteiger partial charge on any atom is 0.232 e. The molecule has 2 amide bonds. The van der Waals surface area contributed by atoms with Gasteiger partial charge < -0.3 is 9.80 Å². The number of carbonyl (C=O) groups excluding carboxylic acids is 2. The van der Waals surface area contributed by atoms with Crippen molar-refractivity contribution >= 4 is 27.5 Å². The second-order valence-corrected chi connectivity index (χ2v) is 7.97. The first-order valence-corrected chi connectivity index (χ1v) is 9.90. The zero-order valence-corrected chi connectivity index (χ0v) is 15.4. The first-order valence-electron chi connectivity index (χ1n) is 8.05. The molecule has 0 spiro atoms. The van der Waals surface area contributed by atoms with Gasteiger partial charge in [-0.2, -0.15) is 0 Å². The molecule has 0 unspecified atom stereocenters. The van der Waals surface area contributed by atoms with Gasteiger partial charge in [-0.05, 0) is 12.1 Å². The second kappa shape index (κ2) is 7.98. The Balaban J connectivity index is 2.04. The van der Waals surface area contributed by atoms with E-state index in [-0.39, 0.29) is 30.5 Å². The zero-order valence-electron chi connectivity index (χ0n) is 14.6. The van der Waals surface area contributed by atoms with Gasteiger partial charge in [0, 0.05) is 52.1 Å². The fourth-order valence-electron chi connectivity index (χ4n) is 2.77. The van der Waals surface area contributed by atoms with Crippen molar-refractivity contribution in [3.8, 4) is 0 Å². The molecule has 10 heteroatoms. The molecule has 0 aliphatic carbocycles. The van der Waals surface area contributed by atoms with Crippen molar-refractivity contribution in [2.24, 2.45) is 0 Å². The molecular formula is C16H21F2N3O4S. The molecule has 0 saturated carbocycles. The van der Waals surface area contributed by atoms with E-state index in [0.29, 0.717) is 32.2 Å². The Labute approximate surface area is 151 Å². The lowest BCUT2D eigenvalue weighted by molar-refractivity contribution is -0.138. The molecule has 0 aromatic heterocycles. The van der Waals surface area contributed by atoms with E-state index in [0.717, 1.165) is 22.7 Å². The van der Waals surface area contributed by atoms with Gasteiger partial charge in [0.2, 0.25) is 21.8 Å². The Morgan fingerprint density at radius 3 is 2.19 bits per heavy atom. The van der Waals surface area contributed by atoms with Crippen LogP contribution in [0.15, 0.2) is 18.2 Å². The van der Waals surface area contributed by atoms with Crippen LogP contribution in [0.2, 0.25) is 0 Å². The smallest absolute Gasteiger partial charge is 0.232 e. The number of rotatable bonds is 5. The summed E-state index contributed by atoms with van der Waals surface area (Å²) in [6, 6.07) is 2.58. The highest BCUT2D eigenvalue weighted by atomic mass is 32.2. The fraction of sp³-hybridized carbons (Fsp3) is 0.500. The quantitative estimate of drug-likeness (QED) is 0.747. The molecular weight excluding hydrogens is 368 g/mol. The Hall–Kier alpha value is -2.23. The van der Waals surface area contributed by atoms with Gasteiger partial charge in [0.1, 0.15) is 11.6 Å². The van der Waals surface area contributed by atoms with Crippen molar-refractivity contribution in [1.29, 1.82) is 0 Å². The van der Waals surface area contributed by atoms with Gasteiger partial charge in [-0.25, -0.2) is 17.2 Å². The van der Waals surface area contributed by atoms with Crippen LogP contribution < -0.4 is 4.31 Å². The Morgan fingerprint density at radius 2 is 1.69 bits per heavy atom. The van der Waals surface area contributed by atoms with Gasteiger partial charge in [-0.3, -0.25) is 13.9 Å². The number of carbonyl (C=O) groups is 2. The van der Waals surface area contributed by atoms with Crippen LogP contribution in [0.25, 0.3) is 0 Å². The minimum atomic E-state index is -3.85. The molecule has 0 bridgehead atoms. The summed E-state index contributed by atoms with van der Waals surface area (Å²) in [7, 11) is -3.85. The summed E-state index contributed by atoms with van der Waals surface area (Å²) in [6.07, 6.45) is 0.746. The van der Waals surface area contributed by atoms with E-state index in [4.69, 9.17) is 0 Å². The molecule has 26 heavy (non-hydrogen) atoms. The molecule has 1 saturated heterocycles. The van der Waals surface area contributed by atoms with Crippen LogP contribution in [-0.2, 0) is 19.6 Å². The lowest BCUT2D eigenvalue weighted by Crippen LogP contribution is -2.50. The molecule has 1 aromatic rings. The molecule has 0 radical (unpaired) electrons. The van der Waals surface area contributed by atoms with Gasteiger partial charge in [-0.1, -0.05) is 0 Å². The van der Waals surface area contributed by atoms with E-state index in [9.17, 15) is 26.8 Å². The van der Waals surface area contributed by atoms with Crippen molar-refractivity contribution in [3.63, 3.8) is 0 Å². The molecule has 1 heterocycles. The summed E-state index contributed by atoms with van der Waals surface area (Å²) in [5.41, 5.74) is -0.303. The van der Waals surface area contributed by atoms with E-state index in [1.54, 1.807) is 9.80 Å². The van der Waals surface area contributed by atoms with E-state index < -0.39 is 21.7 Å². The first kappa shape index (κ1) is 20.1. The van der Waals surface area contributed by atoms with E-state index in [1.165, 1.54) is 6.92 Å².